The molecule has 2 aromatic heterocycles. The van der Waals surface area contributed by atoms with E-state index in [2.05, 4.69) is 4.99 Å². The molecule has 0 unspecified atom stereocenters. The lowest BCUT2D eigenvalue weighted by Gasteiger charge is -2.04. The third-order valence-corrected chi connectivity index (χ3v) is 6.05. The van der Waals surface area contributed by atoms with Crippen molar-refractivity contribution in [1.29, 1.82) is 0 Å². The van der Waals surface area contributed by atoms with Crippen molar-refractivity contribution in [2.45, 2.75) is 6.54 Å². The second kappa shape index (κ2) is 9.45. The summed E-state index contributed by atoms with van der Waals surface area (Å²) in [5.74, 6) is -1.67. The fraction of sp³-hybridized carbons (Fsp3) is 0.158. The van der Waals surface area contributed by atoms with Crippen molar-refractivity contribution in [1.82, 2.24) is 4.57 Å². The Morgan fingerprint density at radius 3 is 2.58 bits per heavy atom. The number of esters is 2. The van der Waals surface area contributed by atoms with E-state index in [0.29, 0.717) is 20.7 Å². The fourth-order valence-corrected chi connectivity index (χ4v) is 4.36. The Morgan fingerprint density at radius 2 is 1.94 bits per heavy atom. The lowest BCUT2D eigenvalue weighted by Crippen LogP contribution is -2.22. The van der Waals surface area contributed by atoms with E-state index >= 15 is 0 Å². The molecule has 3 rings (SSSR count). The maximum absolute atomic E-state index is 12.4. The van der Waals surface area contributed by atoms with Gasteiger partial charge in [0.05, 0.1) is 34.9 Å². The van der Waals surface area contributed by atoms with Crippen LogP contribution < -0.4 is 4.80 Å². The van der Waals surface area contributed by atoms with Crippen molar-refractivity contribution in [2.24, 2.45) is 4.99 Å². The third-order valence-electron chi connectivity index (χ3n) is 4.01. The Labute approximate surface area is 182 Å². The summed E-state index contributed by atoms with van der Waals surface area (Å²) in [4.78, 5) is 51.0. The number of carbonyl (C=O) groups is 3. The first-order chi connectivity index (χ1) is 14.8. The van der Waals surface area contributed by atoms with Gasteiger partial charge in [0, 0.05) is 17.0 Å². The predicted molar refractivity (Wildman–Crippen MR) is 114 cm³/mol. The Bertz CT molecular complexity index is 1280. The van der Waals surface area contributed by atoms with Crippen LogP contribution in [0.3, 0.4) is 0 Å². The number of carbonyl (C=O) groups excluding carboxylic acids is 3. The van der Waals surface area contributed by atoms with E-state index in [1.54, 1.807) is 18.2 Å². The average Bonchev–Trinajstić information content (AvgIpc) is 3.36. The van der Waals surface area contributed by atoms with Crippen LogP contribution in [-0.4, -0.2) is 41.6 Å². The van der Waals surface area contributed by atoms with Crippen molar-refractivity contribution in [2.75, 3.05) is 14.2 Å². The molecular weight excluding hydrogens is 446 g/mol. The van der Waals surface area contributed by atoms with E-state index in [9.17, 15) is 24.5 Å². The molecule has 12 heteroatoms. The lowest BCUT2D eigenvalue weighted by molar-refractivity contribution is -0.380. The van der Waals surface area contributed by atoms with Crippen LogP contribution in [0.5, 0.6) is 0 Å². The molecule has 0 saturated carbocycles. The molecule has 0 spiro atoms. The van der Waals surface area contributed by atoms with Crippen LogP contribution in [0.25, 0.3) is 16.3 Å². The predicted octanol–water partition coefficient (Wildman–Crippen LogP) is 2.77. The van der Waals surface area contributed by atoms with Gasteiger partial charge in [0.15, 0.2) is 4.80 Å². The molecule has 0 bridgehead atoms. The minimum absolute atomic E-state index is 0.0362. The van der Waals surface area contributed by atoms with Crippen LogP contribution in [0.15, 0.2) is 41.4 Å². The number of ether oxygens (including phenoxy) is 2. The van der Waals surface area contributed by atoms with Crippen molar-refractivity contribution >= 4 is 61.8 Å². The third kappa shape index (κ3) is 5.10. The van der Waals surface area contributed by atoms with Crippen LogP contribution >= 0.6 is 22.7 Å². The van der Waals surface area contributed by atoms with Crippen LogP contribution in [-0.2, 0) is 25.6 Å². The maximum atomic E-state index is 12.4. The summed E-state index contributed by atoms with van der Waals surface area (Å²) in [6, 6.07) is 7.64. The van der Waals surface area contributed by atoms with Crippen molar-refractivity contribution < 1.29 is 28.8 Å². The minimum Gasteiger partial charge on any atom is -0.468 e. The summed E-state index contributed by atoms with van der Waals surface area (Å²) in [5, 5.41) is 10.7. The number of thiophene rings is 1. The molecule has 1 aromatic carbocycles. The number of rotatable bonds is 6. The Hall–Kier alpha value is -3.64. The first-order valence-corrected chi connectivity index (χ1v) is 10.2. The van der Waals surface area contributed by atoms with Crippen molar-refractivity contribution in [3.63, 3.8) is 0 Å². The molecule has 160 valence electrons. The second-order valence-corrected chi connectivity index (χ2v) is 8.04. The van der Waals surface area contributed by atoms with E-state index in [4.69, 9.17) is 9.47 Å². The van der Waals surface area contributed by atoms with E-state index in [0.717, 1.165) is 22.7 Å². The van der Waals surface area contributed by atoms with Crippen LogP contribution in [0.1, 0.15) is 15.2 Å². The Balaban J connectivity index is 1.99. The molecule has 0 radical (unpaired) electrons. The van der Waals surface area contributed by atoms with Crippen LogP contribution in [0.4, 0.5) is 5.00 Å². The monoisotopic (exact) mass is 461 g/mol. The SMILES string of the molecule is COC(=O)Cn1c(=NC(=O)C=Cc2ccc([N+](=O)[O-])s2)sc2cc(C(=O)OC)ccc21. The maximum Gasteiger partial charge on any atom is 0.337 e. The number of benzene rings is 1. The van der Waals surface area contributed by atoms with Gasteiger partial charge in [-0.05, 0) is 30.3 Å². The molecule has 10 nitrogen and oxygen atoms in total. The van der Waals surface area contributed by atoms with Crippen molar-refractivity contribution in [3.05, 3.63) is 61.8 Å². The summed E-state index contributed by atoms with van der Waals surface area (Å²) < 4.78 is 11.6. The molecule has 0 atom stereocenters. The number of thiazole rings is 1. The number of amides is 1. The van der Waals surface area contributed by atoms with Gasteiger partial charge in [-0.15, -0.1) is 0 Å². The molecule has 0 aliphatic carbocycles. The molecule has 0 saturated heterocycles. The highest BCUT2D eigenvalue weighted by atomic mass is 32.1. The number of aromatic nitrogens is 1. The number of hydrogen-bond donors (Lipinski definition) is 0. The van der Waals surface area contributed by atoms with Gasteiger partial charge in [0.1, 0.15) is 6.54 Å². The molecule has 0 aliphatic rings. The molecule has 31 heavy (non-hydrogen) atoms. The summed E-state index contributed by atoms with van der Waals surface area (Å²) in [6.07, 6.45) is 2.61. The molecule has 0 fully saturated rings. The number of nitro groups is 1. The van der Waals surface area contributed by atoms with Gasteiger partial charge in [-0.3, -0.25) is 19.7 Å². The smallest absolute Gasteiger partial charge is 0.337 e. The lowest BCUT2D eigenvalue weighted by atomic mass is 10.2. The van der Waals surface area contributed by atoms with E-state index in [1.807, 2.05) is 0 Å². The van der Waals surface area contributed by atoms with Crippen molar-refractivity contribution in [3.8, 4) is 0 Å². The van der Waals surface area contributed by atoms with Crippen LogP contribution in [0.2, 0.25) is 0 Å². The molecule has 1 amide bonds. The largest absolute Gasteiger partial charge is 0.468 e. The fourth-order valence-electron chi connectivity index (χ4n) is 2.56. The van der Waals surface area contributed by atoms with Gasteiger partial charge in [0.2, 0.25) is 0 Å². The first kappa shape index (κ1) is 22.1. The zero-order chi connectivity index (χ0) is 22.5. The molecular formula is C19H15N3O7S2. The van der Waals surface area contributed by atoms with Gasteiger partial charge in [-0.2, -0.15) is 4.99 Å². The summed E-state index contributed by atoms with van der Waals surface area (Å²) >= 11 is 2.04. The number of nitrogens with zero attached hydrogens (tertiary/aromatic N) is 3. The van der Waals surface area contributed by atoms with Gasteiger partial charge in [-0.1, -0.05) is 22.7 Å². The second-order valence-electron chi connectivity index (χ2n) is 5.94. The van der Waals surface area contributed by atoms with E-state index in [1.165, 1.54) is 43.1 Å². The Morgan fingerprint density at radius 1 is 1.16 bits per heavy atom. The minimum atomic E-state index is -0.616. The molecule has 0 N–H and O–H groups in total. The topological polar surface area (TPSA) is 130 Å². The number of fused-ring (bicyclic) bond motifs is 1. The summed E-state index contributed by atoms with van der Waals surface area (Å²) in [6.45, 7) is -0.180. The summed E-state index contributed by atoms with van der Waals surface area (Å²) in [5.41, 5.74) is 0.908. The van der Waals surface area contributed by atoms with Gasteiger partial charge in [0.25, 0.3) is 5.91 Å². The van der Waals surface area contributed by atoms with Gasteiger partial charge in [-0.25, -0.2) is 4.79 Å². The first-order valence-electron chi connectivity index (χ1n) is 8.62. The highest BCUT2D eigenvalue weighted by Gasteiger charge is 2.14. The normalized spacial score (nSPS) is 11.7. The molecule has 0 aliphatic heterocycles. The summed E-state index contributed by atoms with van der Waals surface area (Å²) in [7, 11) is 2.52. The number of hydrogen-bond acceptors (Lipinski definition) is 9. The highest BCUT2D eigenvalue weighted by Crippen LogP contribution is 2.25. The van der Waals surface area contributed by atoms with E-state index in [-0.39, 0.29) is 16.3 Å². The number of methoxy groups -OCH3 is 2. The van der Waals surface area contributed by atoms with Gasteiger partial charge < -0.3 is 14.0 Å². The zero-order valence-electron chi connectivity index (χ0n) is 16.3. The standard InChI is InChI=1S/C19H15N3O7S2/c1-28-17(24)10-21-13-6-3-11(18(25)29-2)9-14(13)31-19(21)20-15(23)7-4-12-5-8-16(30-12)22(26)27/h3-9H,10H2,1-2H3. The quantitative estimate of drug-likeness (QED) is 0.239. The molecule has 3 aromatic rings. The molecule has 2 heterocycles. The van der Waals surface area contributed by atoms with Crippen LogP contribution in [0, 0.1) is 10.1 Å². The van der Waals surface area contributed by atoms with Gasteiger partial charge >= 0.3 is 16.9 Å². The average molecular weight is 461 g/mol. The highest BCUT2D eigenvalue weighted by molar-refractivity contribution is 7.16. The Kier molecular flexibility index (Phi) is 6.72. The zero-order valence-corrected chi connectivity index (χ0v) is 17.9. The van der Waals surface area contributed by atoms with E-state index < -0.39 is 22.8 Å².